The number of hydrogen-bond donors (Lipinski definition) is 1. The fourth-order valence-electron chi connectivity index (χ4n) is 1.89. The molecule has 2 N–H and O–H groups in total. The lowest BCUT2D eigenvalue weighted by molar-refractivity contribution is 0.640. The van der Waals surface area contributed by atoms with Crippen molar-refractivity contribution in [3.05, 3.63) is 29.7 Å². The second kappa shape index (κ2) is 3.96. The zero-order valence-electron chi connectivity index (χ0n) is 9.86. The van der Waals surface area contributed by atoms with Gasteiger partial charge in [0, 0.05) is 29.1 Å². The summed E-state index contributed by atoms with van der Waals surface area (Å²) in [5, 5.41) is 4.33. The molecular formula is C12H16N4. The van der Waals surface area contributed by atoms with Gasteiger partial charge in [0.15, 0.2) is 0 Å². The van der Waals surface area contributed by atoms with Gasteiger partial charge in [0.25, 0.3) is 0 Å². The van der Waals surface area contributed by atoms with Crippen LogP contribution < -0.4 is 5.73 Å². The van der Waals surface area contributed by atoms with Gasteiger partial charge in [-0.05, 0) is 32.9 Å². The van der Waals surface area contributed by atoms with Crippen molar-refractivity contribution in [1.82, 2.24) is 14.8 Å². The predicted octanol–water partition coefficient (Wildman–Crippen LogP) is 2.16. The van der Waals surface area contributed by atoms with Gasteiger partial charge in [0.1, 0.15) is 5.82 Å². The van der Waals surface area contributed by atoms with Gasteiger partial charge in [0.2, 0.25) is 0 Å². The molecule has 2 aromatic heterocycles. The molecule has 0 saturated carbocycles. The molecule has 4 nitrogen and oxygen atoms in total. The molecule has 0 aliphatic rings. The van der Waals surface area contributed by atoms with Crippen molar-refractivity contribution in [3.63, 3.8) is 0 Å². The van der Waals surface area contributed by atoms with Gasteiger partial charge in [-0.2, -0.15) is 5.10 Å². The molecule has 2 heterocycles. The maximum Gasteiger partial charge on any atom is 0.123 e. The van der Waals surface area contributed by atoms with Crippen LogP contribution in [0.1, 0.15) is 18.3 Å². The van der Waals surface area contributed by atoms with Gasteiger partial charge in [-0.15, -0.1) is 0 Å². The fourth-order valence-corrected chi connectivity index (χ4v) is 1.89. The van der Waals surface area contributed by atoms with Gasteiger partial charge < -0.3 is 5.73 Å². The Labute approximate surface area is 95.1 Å². The SMILES string of the molecule is CCn1ncc(-c2ccc(N)nc2C)c1C. The highest BCUT2D eigenvalue weighted by atomic mass is 15.3. The average molecular weight is 216 g/mol. The van der Waals surface area contributed by atoms with Gasteiger partial charge in [-0.1, -0.05) is 0 Å². The van der Waals surface area contributed by atoms with Crippen LogP contribution in [0.15, 0.2) is 18.3 Å². The normalized spacial score (nSPS) is 10.7. The molecule has 0 amide bonds. The molecule has 16 heavy (non-hydrogen) atoms. The van der Waals surface area contributed by atoms with E-state index in [-0.39, 0.29) is 0 Å². The summed E-state index contributed by atoms with van der Waals surface area (Å²) in [5.74, 6) is 0.557. The number of aromatic nitrogens is 3. The number of nitrogen functional groups attached to an aromatic ring is 1. The van der Waals surface area contributed by atoms with Crippen LogP contribution in [0.2, 0.25) is 0 Å². The van der Waals surface area contributed by atoms with Crippen molar-refractivity contribution >= 4 is 5.82 Å². The third kappa shape index (κ3) is 1.66. The molecule has 0 aromatic carbocycles. The van der Waals surface area contributed by atoms with E-state index in [4.69, 9.17) is 5.73 Å². The highest BCUT2D eigenvalue weighted by Gasteiger charge is 2.10. The molecule has 84 valence electrons. The molecule has 0 unspecified atom stereocenters. The zero-order chi connectivity index (χ0) is 11.7. The Bertz CT molecular complexity index is 514. The van der Waals surface area contributed by atoms with E-state index in [1.54, 1.807) is 0 Å². The molecule has 0 spiro atoms. The van der Waals surface area contributed by atoms with Gasteiger partial charge in [-0.3, -0.25) is 4.68 Å². The van der Waals surface area contributed by atoms with Gasteiger partial charge in [-0.25, -0.2) is 4.98 Å². The number of hydrogen-bond acceptors (Lipinski definition) is 3. The van der Waals surface area contributed by atoms with Gasteiger partial charge >= 0.3 is 0 Å². The minimum Gasteiger partial charge on any atom is -0.384 e. The first-order valence-corrected chi connectivity index (χ1v) is 5.39. The number of aryl methyl sites for hydroxylation is 2. The van der Waals surface area contributed by atoms with Crippen LogP contribution in [0.3, 0.4) is 0 Å². The van der Waals surface area contributed by atoms with Crippen molar-refractivity contribution in [3.8, 4) is 11.1 Å². The molecule has 0 radical (unpaired) electrons. The van der Waals surface area contributed by atoms with E-state index in [9.17, 15) is 0 Å². The summed E-state index contributed by atoms with van der Waals surface area (Å²) >= 11 is 0. The van der Waals surface area contributed by atoms with Crippen molar-refractivity contribution in [2.45, 2.75) is 27.3 Å². The summed E-state index contributed by atoms with van der Waals surface area (Å²) in [6, 6.07) is 3.83. The van der Waals surface area contributed by atoms with Crippen molar-refractivity contribution in [2.75, 3.05) is 5.73 Å². The zero-order valence-corrected chi connectivity index (χ0v) is 9.86. The highest BCUT2D eigenvalue weighted by Crippen LogP contribution is 2.25. The number of nitrogens with two attached hydrogens (primary N) is 1. The topological polar surface area (TPSA) is 56.7 Å². The molecule has 0 atom stereocenters. The molecule has 0 aliphatic heterocycles. The molecule has 0 saturated heterocycles. The third-order valence-electron chi connectivity index (χ3n) is 2.80. The monoisotopic (exact) mass is 216 g/mol. The maximum atomic E-state index is 5.64. The Hall–Kier alpha value is -1.84. The number of anilines is 1. The molecule has 2 rings (SSSR count). The molecule has 2 aromatic rings. The summed E-state index contributed by atoms with van der Waals surface area (Å²) in [4.78, 5) is 4.27. The third-order valence-corrected chi connectivity index (χ3v) is 2.80. The number of pyridine rings is 1. The molecule has 0 bridgehead atoms. The van der Waals surface area contributed by atoms with Crippen LogP contribution >= 0.6 is 0 Å². The first-order chi connectivity index (χ1) is 7.63. The lowest BCUT2D eigenvalue weighted by atomic mass is 10.1. The van der Waals surface area contributed by atoms with Crippen LogP contribution in [0.25, 0.3) is 11.1 Å². The summed E-state index contributed by atoms with van der Waals surface area (Å²) < 4.78 is 1.98. The lowest BCUT2D eigenvalue weighted by Gasteiger charge is -2.06. The molecular weight excluding hydrogens is 200 g/mol. The largest absolute Gasteiger partial charge is 0.384 e. The van der Waals surface area contributed by atoms with E-state index in [1.807, 2.05) is 29.9 Å². The summed E-state index contributed by atoms with van der Waals surface area (Å²) in [7, 11) is 0. The minimum atomic E-state index is 0.557. The summed E-state index contributed by atoms with van der Waals surface area (Å²) in [6.07, 6.45) is 1.89. The minimum absolute atomic E-state index is 0.557. The van der Waals surface area contributed by atoms with E-state index in [0.717, 1.165) is 29.1 Å². The molecule has 4 heteroatoms. The van der Waals surface area contributed by atoms with Crippen LogP contribution in [0.5, 0.6) is 0 Å². The average Bonchev–Trinajstić information content (AvgIpc) is 2.60. The highest BCUT2D eigenvalue weighted by molar-refractivity contribution is 5.68. The van der Waals surface area contributed by atoms with E-state index >= 15 is 0 Å². The Kier molecular flexibility index (Phi) is 2.64. The molecule has 0 aliphatic carbocycles. The van der Waals surface area contributed by atoms with Crippen LogP contribution in [0.4, 0.5) is 5.82 Å². The first-order valence-electron chi connectivity index (χ1n) is 5.39. The van der Waals surface area contributed by atoms with E-state index in [2.05, 4.69) is 23.9 Å². The van der Waals surface area contributed by atoms with Crippen LogP contribution in [0, 0.1) is 13.8 Å². The van der Waals surface area contributed by atoms with Crippen LogP contribution in [-0.2, 0) is 6.54 Å². The quantitative estimate of drug-likeness (QED) is 0.837. The van der Waals surface area contributed by atoms with Crippen molar-refractivity contribution in [2.24, 2.45) is 0 Å². The number of nitrogens with zero attached hydrogens (tertiary/aromatic N) is 3. The standard InChI is InChI=1S/C12H16N4/c1-4-16-9(3)11(7-14-16)10-5-6-12(13)15-8(10)2/h5-7H,4H2,1-3H3,(H2,13,15). The maximum absolute atomic E-state index is 5.64. The summed E-state index contributed by atoms with van der Waals surface area (Å²) in [5.41, 5.74) is 9.98. The smallest absolute Gasteiger partial charge is 0.123 e. The fraction of sp³-hybridized carbons (Fsp3) is 0.333. The Morgan fingerprint density at radius 2 is 2.00 bits per heavy atom. The van der Waals surface area contributed by atoms with Gasteiger partial charge in [0.05, 0.1) is 6.20 Å². The Morgan fingerprint density at radius 1 is 1.25 bits per heavy atom. The number of rotatable bonds is 2. The Morgan fingerprint density at radius 3 is 2.56 bits per heavy atom. The van der Waals surface area contributed by atoms with E-state index in [0.29, 0.717) is 5.82 Å². The van der Waals surface area contributed by atoms with Crippen molar-refractivity contribution < 1.29 is 0 Å². The second-order valence-electron chi connectivity index (χ2n) is 3.83. The lowest BCUT2D eigenvalue weighted by Crippen LogP contribution is -1.99. The first kappa shape index (κ1) is 10.7. The van der Waals surface area contributed by atoms with E-state index in [1.165, 1.54) is 0 Å². The summed E-state index contributed by atoms with van der Waals surface area (Å²) in [6.45, 7) is 7.00. The second-order valence-corrected chi connectivity index (χ2v) is 3.83. The Balaban J connectivity index is 2.54. The van der Waals surface area contributed by atoms with Crippen molar-refractivity contribution in [1.29, 1.82) is 0 Å². The van der Waals surface area contributed by atoms with E-state index < -0.39 is 0 Å². The molecule has 0 fully saturated rings. The predicted molar refractivity (Wildman–Crippen MR) is 65.0 cm³/mol. The van der Waals surface area contributed by atoms with Crippen LogP contribution in [-0.4, -0.2) is 14.8 Å².